The molecule has 0 aromatic carbocycles. The highest BCUT2D eigenvalue weighted by molar-refractivity contribution is 5.93. The number of pyridine rings is 1. The average molecular weight is 248 g/mol. The second kappa shape index (κ2) is 4.40. The summed E-state index contributed by atoms with van der Waals surface area (Å²) in [6, 6.07) is 5.26. The number of rotatable bonds is 2. The Morgan fingerprint density at radius 3 is 2.72 bits per heavy atom. The number of aromatic nitrogens is 1. The number of carboxylic acids is 1. The number of carboxylic acid groups (broad SMARTS) is 1. The second-order valence-electron chi connectivity index (χ2n) is 5.01. The summed E-state index contributed by atoms with van der Waals surface area (Å²) in [4.78, 5) is 29.0. The number of nitrogens with zero attached hydrogens (tertiary/aromatic N) is 2. The van der Waals surface area contributed by atoms with Crippen molar-refractivity contribution in [3.8, 4) is 0 Å². The minimum absolute atomic E-state index is 0.191. The number of likely N-dealkylation sites (tertiary alicyclic amines) is 1. The molecular weight excluding hydrogens is 232 g/mol. The predicted octanol–water partition coefficient (Wildman–Crippen LogP) is 1.33. The van der Waals surface area contributed by atoms with Gasteiger partial charge in [-0.1, -0.05) is 6.07 Å². The molecular formula is C13H16N2O3. The van der Waals surface area contributed by atoms with Crippen LogP contribution in [0, 0.1) is 12.3 Å². The topological polar surface area (TPSA) is 70.5 Å². The SMILES string of the molecule is Cc1cccc(C(=O)N2CC[C@@](C)(C(=O)O)C2)n1. The summed E-state index contributed by atoms with van der Waals surface area (Å²) in [6.07, 6.45) is 0.486. The molecule has 0 unspecified atom stereocenters. The Kier molecular flexibility index (Phi) is 3.07. The first kappa shape index (κ1) is 12.5. The van der Waals surface area contributed by atoms with Crippen LogP contribution >= 0.6 is 0 Å². The standard InChI is InChI=1S/C13H16N2O3/c1-9-4-3-5-10(14-9)11(16)15-7-6-13(2,8-15)12(17)18/h3-5H,6-8H2,1-2H3,(H,17,18)/t13-/m1/s1. The summed E-state index contributed by atoms with van der Waals surface area (Å²) >= 11 is 0. The average Bonchev–Trinajstić information content (AvgIpc) is 2.72. The van der Waals surface area contributed by atoms with E-state index in [9.17, 15) is 9.59 Å². The van der Waals surface area contributed by atoms with Crippen LogP contribution < -0.4 is 0 Å². The molecule has 2 heterocycles. The van der Waals surface area contributed by atoms with Crippen LogP contribution in [0.5, 0.6) is 0 Å². The molecule has 1 aromatic rings. The van der Waals surface area contributed by atoms with Crippen LogP contribution in [0.3, 0.4) is 0 Å². The zero-order chi connectivity index (χ0) is 13.3. The van der Waals surface area contributed by atoms with E-state index in [1.807, 2.05) is 13.0 Å². The number of amides is 1. The number of carbonyl (C=O) groups excluding carboxylic acids is 1. The van der Waals surface area contributed by atoms with Crippen molar-refractivity contribution in [1.82, 2.24) is 9.88 Å². The molecule has 18 heavy (non-hydrogen) atoms. The van der Waals surface area contributed by atoms with Gasteiger partial charge in [-0.25, -0.2) is 4.98 Å². The van der Waals surface area contributed by atoms with Crippen LogP contribution in [-0.2, 0) is 4.79 Å². The van der Waals surface area contributed by atoms with Gasteiger partial charge >= 0.3 is 5.97 Å². The molecule has 0 radical (unpaired) electrons. The number of aliphatic carboxylic acids is 1. The third-order valence-corrected chi connectivity index (χ3v) is 3.38. The van der Waals surface area contributed by atoms with Crippen molar-refractivity contribution in [3.05, 3.63) is 29.6 Å². The van der Waals surface area contributed by atoms with E-state index in [-0.39, 0.29) is 12.5 Å². The zero-order valence-electron chi connectivity index (χ0n) is 10.5. The monoisotopic (exact) mass is 248 g/mol. The van der Waals surface area contributed by atoms with Crippen molar-refractivity contribution >= 4 is 11.9 Å². The van der Waals surface area contributed by atoms with Crippen LogP contribution in [0.15, 0.2) is 18.2 Å². The molecule has 2 rings (SSSR count). The van der Waals surface area contributed by atoms with Crippen LogP contribution in [0.4, 0.5) is 0 Å². The maximum atomic E-state index is 12.2. The van der Waals surface area contributed by atoms with Gasteiger partial charge in [-0.2, -0.15) is 0 Å². The summed E-state index contributed by atoms with van der Waals surface area (Å²) in [5.41, 5.74) is 0.324. The number of hydrogen-bond acceptors (Lipinski definition) is 3. The lowest BCUT2D eigenvalue weighted by Gasteiger charge is -2.19. The van der Waals surface area contributed by atoms with Gasteiger partial charge in [0.05, 0.1) is 5.41 Å². The molecule has 0 saturated carbocycles. The lowest BCUT2D eigenvalue weighted by atomic mass is 9.90. The maximum absolute atomic E-state index is 12.2. The van der Waals surface area contributed by atoms with Crippen LogP contribution in [-0.4, -0.2) is 40.0 Å². The fourth-order valence-corrected chi connectivity index (χ4v) is 2.13. The first-order chi connectivity index (χ1) is 8.42. The Morgan fingerprint density at radius 2 is 2.17 bits per heavy atom. The lowest BCUT2D eigenvalue weighted by Crippen LogP contribution is -2.35. The summed E-state index contributed by atoms with van der Waals surface area (Å²) in [5, 5.41) is 9.13. The molecule has 0 aliphatic carbocycles. The van der Waals surface area contributed by atoms with Gasteiger partial charge in [0, 0.05) is 18.8 Å². The molecule has 1 fully saturated rings. The van der Waals surface area contributed by atoms with E-state index in [2.05, 4.69) is 4.98 Å². The maximum Gasteiger partial charge on any atom is 0.311 e. The van der Waals surface area contributed by atoms with Gasteiger partial charge in [0.25, 0.3) is 5.91 Å². The smallest absolute Gasteiger partial charge is 0.311 e. The number of hydrogen-bond donors (Lipinski definition) is 1. The quantitative estimate of drug-likeness (QED) is 0.857. The molecule has 1 atom stereocenters. The summed E-state index contributed by atoms with van der Waals surface area (Å²) in [7, 11) is 0. The van der Waals surface area contributed by atoms with Gasteiger partial charge in [0.15, 0.2) is 0 Å². The Morgan fingerprint density at radius 1 is 1.44 bits per heavy atom. The minimum Gasteiger partial charge on any atom is -0.481 e. The van der Waals surface area contributed by atoms with E-state index in [0.29, 0.717) is 18.7 Å². The van der Waals surface area contributed by atoms with E-state index in [4.69, 9.17) is 5.11 Å². The molecule has 1 saturated heterocycles. The Bertz CT molecular complexity index is 501. The van der Waals surface area contributed by atoms with E-state index >= 15 is 0 Å². The van der Waals surface area contributed by atoms with Gasteiger partial charge in [-0.15, -0.1) is 0 Å². The van der Waals surface area contributed by atoms with Gasteiger partial charge < -0.3 is 10.0 Å². The highest BCUT2D eigenvalue weighted by Gasteiger charge is 2.42. The van der Waals surface area contributed by atoms with Crippen molar-refractivity contribution in [3.63, 3.8) is 0 Å². The van der Waals surface area contributed by atoms with E-state index in [1.165, 1.54) is 0 Å². The van der Waals surface area contributed by atoms with Gasteiger partial charge in [-0.05, 0) is 32.4 Å². The first-order valence-electron chi connectivity index (χ1n) is 5.89. The highest BCUT2D eigenvalue weighted by atomic mass is 16.4. The number of aryl methyl sites for hydroxylation is 1. The van der Waals surface area contributed by atoms with Gasteiger partial charge in [0.2, 0.25) is 0 Å². The van der Waals surface area contributed by atoms with Crippen LogP contribution in [0.2, 0.25) is 0 Å². The molecule has 1 aliphatic heterocycles. The van der Waals surface area contributed by atoms with Crippen molar-refractivity contribution in [2.24, 2.45) is 5.41 Å². The third-order valence-electron chi connectivity index (χ3n) is 3.38. The molecule has 0 spiro atoms. The largest absolute Gasteiger partial charge is 0.481 e. The van der Waals surface area contributed by atoms with E-state index in [1.54, 1.807) is 24.0 Å². The normalized spacial score (nSPS) is 23.1. The molecule has 96 valence electrons. The van der Waals surface area contributed by atoms with Crippen molar-refractivity contribution < 1.29 is 14.7 Å². The molecule has 1 aromatic heterocycles. The third kappa shape index (κ3) is 2.20. The fraction of sp³-hybridized carbons (Fsp3) is 0.462. The highest BCUT2D eigenvalue weighted by Crippen LogP contribution is 2.30. The van der Waals surface area contributed by atoms with Crippen LogP contribution in [0.1, 0.15) is 29.5 Å². The minimum atomic E-state index is -0.852. The lowest BCUT2D eigenvalue weighted by molar-refractivity contribution is -0.147. The molecule has 1 N–H and O–H groups in total. The van der Waals surface area contributed by atoms with E-state index in [0.717, 1.165) is 5.69 Å². The van der Waals surface area contributed by atoms with Crippen LogP contribution in [0.25, 0.3) is 0 Å². The molecule has 5 nitrogen and oxygen atoms in total. The second-order valence-corrected chi connectivity index (χ2v) is 5.01. The first-order valence-corrected chi connectivity index (χ1v) is 5.89. The predicted molar refractivity (Wildman–Crippen MR) is 65.2 cm³/mol. The summed E-state index contributed by atoms with van der Waals surface area (Å²) < 4.78 is 0. The molecule has 1 amide bonds. The van der Waals surface area contributed by atoms with E-state index < -0.39 is 11.4 Å². The summed E-state index contributed by atoms with van der Waals surface area (Å²) in [6.45, 7) is 4.21. The zero-order valence-corrected chi connectivity index (χ0v) is 10.5. The molecule has 1 aliphatic rings. The van der Waals surface area contributed by atoms with Crippen molar-refractivity contribution in [1.29, 1.82) is 0 Å². The van der Waals surface area contributed by atoms with Gasteiger partial charge in [0.1, 0.15) is 5.69 Å². The molecule has 0 bridgehead atoms. The fourth-order valence-electron chi connectivity index (χ4n) is 2.13. The molecule has 5 heteroatoms. The Balaban J connectivity index is 2.15. The Hall–Kier alpha value is -1.91. The van der Waals surface area contributed by atoms with Crippen molar-refractivity contribution in [2.45, 2.75) is 20.3 Å². The van der Waals surface area contributed by atoms with Gasteiger partial charge in [-0.3, -0.25) is 9.59 Å². The summed E-state index contributed by atoms with van der Waals surface area (Å²) in [5.74, 6) is -1.04. The van der Waals surface area contributed by atoms with Crippen molar-refractivity contribution in [2.75, 3.05) is 13.1 Å². The number of carbonyl (C=O) groups is 2. The Labute approximate surface area is 105 Å².